The molecular weight excluding hydrogens is 271 g/mol. The quantitative estimate of drug-likeness (QED) is 0.810. The molecule has 20 heavy (non-hydrogen) atoms. The van der Waals surface area contributed by atoms with Crippen molar-refractivity contribution in [1.82, 2.24) is 4.98 Å². The number of pyridine rings is 1. The summed E-state index contributed by atoms with van der Waals surface area (Å²) in [6.07, 6.45) is -1.75. The first kappa shape index (κ1) is 14.0. The molecule has 0 amide bonds. The molecule has 2 aromatic rings. The summed E-state index contributed by atoms with van der Waals surface area (Å²) in [7, 11) is 1.29. The normalized spacial score (nSPS) is 11.2. The number of hydrogen-bond acceptors (Lipinski definition) is 3. The van der Waals surface area contributed by atoms with Gasteiger partial charge in [-0.15, -0.1) is 0 Å². The van der Waals surface area contributed by atoms with E-state index in [1.54, 1.807) is 0 Å². The van der Waals surface area contributed by atoms with Crippen molar-refractivity contribution in [2.24, 2.45) is 0 Å². The summed E-state index contributed by atoms with van der Waals surface area (Å²) in [6, 6.07) is 5.81. The smallest absolute Gasteiger partial charge is 0.416 e. The molecular formula is C14H10F3NO2. The van der Waals surface area contributed by atoms with E-state index in [2.05, 4.69) is 4.98 Å². The topological polar surface area (TPSA) is 39.2 Å². The van der Waals surface area contributed by atoms with Gasteiger partial charge in [-0.05, 0) is 30.3 Å². The molecule has 0 radical (unpaired) electrons. The fourth-order valence-corrected chi connectivity index (χ4v) is 1.71. The molecule has 0 bridgehead atoms. The molecule has 0 spiro atoms. The van der Waals surface area contributed by atoms with Crippen LogP contribution in [0.2, 0.25) is 0 Å². The Kier molecular flexibility index (Phi) is 3.74. The van der Waals surface area contributed by atoms with Gasteiger partial charge in [-0.3, -0.25) is 9.78 Å². The Bertz CT molecular complexity index is 624. The lowest BCUT2D eigenvalue weighted by Gasteiger charge is -2.12. The molecule has 0 saturated heterocycles. The van der Waals surface area contributed by atoms with Crippen molar-refractivity contribution in [3.8, 4) is 5.75 Å². The minimum atomic E-state index is -4.52. The van der Waals surface area contributed by atoms with Gasteiger partial charge in [-0.2, -0.15) is 13.2 Å². The molecule has 1 aromatic carbocycles. The summed E-state index contributed by atoms with van der Waals surface area (Å²) < 4.78 is 43.1. The van der Waals surface area contributed by atoms with Gasteiger partial charge in [-0.1, -0.05) is 0 Å². The van der Waals surface area contributed by atoms with E-state index >= 15 is 0 Å². The van der Waals surface area contributed by atoms with Crippen molar-refractivity contribution in [3.05, 3.63) is 59.4 Å². The first-order valence-corrected chi connectivity index (χ1v) is 5.63. The molecule has 0 aliphatic rings. The van der Waals surface area contributed by atoms with Crippen LogP contribution in [-0.4, -0.2) is 17.9 Å². The van der Waals surface area contributed by atoms with E-state index in [1.807, 2.05) is 0 Å². The van der Waals surface area contributed by atoms with E-state index in [1.165, 1.54) is 31.6 Å². The van der Waals surface area contributed by atoms with Crippen LogP contribution in [0.5, 0.6) is 5.75 Å². The van der Waals surface area contributed by atoms with Crippen LogP contribution < -0.4 is 4.74 Å². The number of methoxy groups -OCH3 is 1. The number of carbonyl (C=O) groups is 1. The standard InChI is InChI=1S/C14H10F3NO2/c1-20-12-5-4-10(14(15,16)17)7-11(12)13(19)9-3-2-6-18-8-9/h2-8H,1H3. The molecule has 0 N–H and O–H groups in total. The van der Waals surface area contributed by atoms with Gasteiger partial charge in [-0.25, -0.2) is 0 Å². The summed E-state index contributed by atoms with van der Waals surface area (Å²) >= 11 is 0. The largest absolute Gasteiger partial charge is 0.496 e. The molecule has 0 aliphatic carbocycles. The van der Waals surface area contributed by atoms with Crippen LogP contribution in [0.15, 0.2) is 42.7 Å². The van der Waals surface area contributed by atoms with E-state index in [9.17, 15) is 18.0 Å². The molecule has 0 unspecified atom stereocenters. The zero-order chi connectivity index (χ0) is 14.8. The van der Waals surface area contributed by atoms with Crippen LogP contribution in [0.4, 0.5) is 13.2 Å². The zero-order valence-corrected chi connectivity index (χ0v) is 10.4. The Labute approximate surface area is 113 Å². The third-order valence-electron chi connectivity index (χ3n) is 2.70. The van der Waals surface area contributed by atoms with Crippen LogP contribution in [0.1, 0.15) is 21.5 Å². The zero-order valence-electron chi connectivity index (χ0n) is 10.4. The highest BCUT2D eigenvalue weighted by molar-refractivity contribution is 6.10. The van der Waals surface area contributed by atoms with Gasteiger partial charge in [0.05, 0.1) is 18.2 Å². The second-order valence-electron chi connectivity index (χ2n) is 3.98. The summed E-state index contributed by atoms with van der Waals surface area (Å²) in [5, 5.41) is 0. The molecule has 1 heterocycles. The third kappa shape index (κ3) is 2.79. The van der Waals surface area contributed by atoms with Gasteiger partial charge in [0.15, 0.2) is 5.78 Å². The molecule has 104 valence electrons. The lowest BCUT2D eigenvalue weighted by Crippen LogP contribution is -2.10. The molecule has 0 aliphatic heterocycles. The number of halogens is 3. The third-order valence-corrected chi connectivity index (χ3v) is 2.70. The van der Waals surface area contributed by atoms with Crippen LogP contribution in [0.25, 0.3) is 0 Å². The van der Waals surface area contributed by atoms with Crippen LogP contribution >= 0.6 is 0 Å². The van der Waals surface area contributed by atoms with Gasteiger partial charge in [0.1, 0.15) is 5.75 Å². The monoisotopic (exact) mass is 281 g/mol. The maximum absolute atomic E-state index is 12.7. The van der Waals surface area contributed by atoms with E-state index in [0.29, 0.717) is 0 Å². The van der Waals surface area contributed by atoms with Crippen molar-refractivity contribution in [3.63, 3.8) is 0 Å². The Hall–Kier alpha value is -2.37. The molecule has 0 atom stereocenters. The second-order valence-corrected chi connectivity index (χ2v) is 3.98. The molecule has 0 saturated carbocycles. The van der Waals surface area contributed by atoms with Crippen LogP contribution in [0, 0.1) is 0 Å². The number of ether oxygens (including phenoxy) is 1. The molecule has 0 fully saturated rings. The lowest BCUT2D eigenvalue weighted by molar-refractivity contribution is -0.137. The Morgan fingerprint density at radius 1 is 1.25 bits per heavy atom. The van der Waals surface area contributed by atoms with Crippen molar-refractivity contribution < 1.29 is 22.7 Å². The Morgan fingerprint density at radius 2 is 2.00 bits per heavy atom. The van der Waals surface area contributed by atoms with Crippen molar-refractivity contribution in [1.29, 1.82) is 0 Å². The highest BCUT2D eigenvalue weighted by Crippen LogP contribution is 2.33. The summed E-state index contributed by atoms with van der Waals surface area (Å²) in [5.41, 5.74) is -0.842. The van der Waals surface area contributed by atoms with Gasteiger partial charge in [0.25, 0.3) is 0 Å². The number of alkyl halides is 3. The number of nitrogens with zero attached hydrogens (tertiary/aromatic N) is 1. The highest BCUT2D eigenvalue weighted by Gasteiger charge is 2.32. The van der Waals surface area contributed by atoms with Crippen molar-refractivity contribution in [2.75, 3.05) is 7.11 Å². The predicted molar refractivity (Wildman–Crippen MR) is 65.7 cm³/mol. The number of aromatic nitrogens is 1. The van der Waals surface area contributed by atoms with Gasteiger partial charge >= 0.3 is 6.18 Å². The van der Waals surface area contributed by atoms with E-state index in [4.69, 9.17) is 4.74 Å². The average Bonchev–Trinajstić information content (AvgIpc) is 2.45. The maximum Gasteiger partial charge on any atom is 0.416 e. The number of ketones is 1. The van der Waals surface area contributed by atoms with Gasteiger partial charge < -0.3 is 4.74 Å². The second kappa shape index (κ2) is 5.32. The summed E-state index contributed by atoms with van der Waals surface area (Å²) in [6.45, 7) is 0. The van der Waals surface area contributed by atoms with Crippen LogP contribution in [-0.2, 0) is 6.18 Å². The predicted octanol–water partition coefficient (Wildman–Crippen LogP) is 3.34. The maximum atomic E-state index is 12.7. The van der Waals surface area contributed by atoms with E-state index in [-0.39, 0.29) is 16.9 Å². The highest BCUT2D eigenvalue weighted by atomic mass is 19.4. The fraction of sp³-hybridized carbons (Fsp3) is 0.143. The minimum Gasteiger partial charge on any atom is -0.496 e. The fourth-order valence-electron chi connectivity index (χ4n) is 1.71. The van der Waals surface area contributed by atoms with Gasteiger partial charge in [0.2, 0.25) is 0 Å². The molecule has 3 nitrogen and oxygen atoms in total. The Balaban J connectivity index is 2.52. The average molecular weight is 281 g/mol. The number of carbonyl (C=O) groups excluding carboxylic acids is 1. The number of rotatable bonds is 3. The summed E-state index contributed by atoms with van der Waals surface area (Å²) in [4.78, 5) is 16.0. The van der Waals surface area contributed by atoms with Gasteiger partial charge in [0, 0.05) is 18.0 Å². The van der Waals surface area contributed by atoms with Crippen LogP contribution in [0.3, 0.4) is 0 Å². The first-order valence-electron chi connectivity index (χ1n) is 5.63. The molecule has 2 rings (SSSR count). The number of benzene rings is 1. The Morgan fingerprint density at radius 3 is 2.55 bits per heavy atom. The van der Waals surface area contributed by atoms with E-state index in [0.717, 1.165) is 18.2 Å². The molecule has 1 aromatic heterocycles. The van der Waals surface area contributed by atoms with E-state index < -0.39 is 17.5 Å². The first-order chi connectivity index (χ1) is 9.43. The SMILES string of the molecule is COc1ccc(C(F)(F)F)cc1C(=O)c1cccnc1. The number of hydrogen-bond donors (Lipinski definition) is 0. The van der Waals surface area contributed by atoms with Crippen molar-refractivity contribution >= 4 is 5.78 Å². The minimum absolute atomic E-state index is 0.0897. The van der Waals surface area contributed by atoms with Crippen molar-refractivity contribution in [2.45, 2.75) is 6.18 Å². The lowest BCUT2D eigenvalue weighted by atomic mass is 10.0. The summed E-state index contributed by atoms with van der Waals surface area (Å²) in [5.74, 6) is -0.479. The molecule has 6 heteroatoms.